The van der Waals surface area contributed by atoms with Gasteiger partial charge in [0.25, 0.3) is 5.91 Å². The number of ether oxygens (including phenoxy) is 1. The van der Waals surface area contributed by atoms with Crippen LogP contribution >= 0.6 is 0 Å². The summed E-state index contributed by atoms with van der Waals surface area (Å²) in [4.78, 5) is 12.7. The zero-order chi connectivity index (χ0) is 25.0. The zero-order valence-corrected chi connectivity index (χ0v) is 21.2. The maximum absolute atomic E-state index is 13.0. The Hall–Kier alpha value is -3.17. The summed E-state index contributed by atoms with van der Waals surface area (Å²) in [5.74, 6) is -0.112. The lowest BCUT2D eigenvalue weighted by Gasteiger charge is -2.16. The molecule has 0 radical (unpaired) electrons. The first kappa shape index (κ1) is 24.9. The van der Waals surface area contributed by atoms with Gasteiger partial charge in [-0.15, -0.1) is 0 Å². The molecule has 0 atom stereocenters. The van der Waals surface area contributed by atoms with Crippen molar-refractivity contribution in [3.8, 4) is 11.4 Å². The third-order valence-corrected chi connectivity index (χ3v) is 7.82. The van der Waals surface area contributed by atoms with E-state index in [1.54, 1.807) is 6.07 Å². The number of benzene rings is 2. The van der Waals surface area contributed by atoms with Gasteiger partial charge in [-0.05, 0) is 75.1 Å². The van der Waals surface area contributed by atoms with E-state index < -0.39 is 10.0 Å². The van der Waals surface area contributed by atoms with Gasteiger partial charge in [-0.3, -0.25) is 4.79 Å². The van der Waals surface area contributed by atoms with Crippen LogP contribution in [0.4, 0.5) is 0 Å². The first-order chi connectivity index (χ1) is 16.8. The summed E-state index contributed by atoms with van der Waals surface area (Å²) in [7, 11) is -2.38. The van der Waals surface area contributed by atoms with E-state index in [1.807, 2.05) is 48.9 Å². The van der Waals surface area contributed by atoms with E-state index in [4.69, 9.17) is 4.74 Å². The number of hydrogen-bond donors (Lipinski definition) is 2. The average molecular weight is 497 g/mol. The second-order valence-corrected chi connectivity index (χ2v) is 10.7. The van der Waals surface area contributed by atoms with Gasteiger partial charge >= 0.3 is 0 Å². The van der Waals surface area contributed by atoms with Crippen LogP contribution in [0.15, 0.2) is 53.4 Å². The Kier molecular flexibility index (Phi) is 7.57. The molecule has 8 nitrogen and oxygen atoms in total. The smallest absolute Gasteiger partial charge is 0.251 e. The van der Waals surface area contributed by atoms with Gasteiger partial charge in [0, 0.05) is 23.8 Å². The number of methoxy groups -OCH3 is 1. The van der Waals surface area contributed by atoms with E-state index in [2.05, 4.69) is 15.1 Å². The largest absolute Gasteiger partial charge is 0.495 e. The molecule has 0 aliphatic heterocycles. The van der Waals surface area contributed by atoms with E-state index in [-0.39, 0.29) is 28.2 Å². The Labute approximate surface area is 206 Å². The van der Waals surface area contributed by atoms with Gasteiger partial charge < -0.3 is 10.1 Å². The Morgan fingerprint density at radius 1 is 1.09 bits per heavy atom. The molecule has 1 amide bonds. The topological polar surface area (TPSA) is 102 Å². The molecule has 2 N–H and O–H groups in total. The first-order valence-electron chi connectivity index (χ1n) is 11.9. The third-order valence-electron chi connectivity index (χ3n) is 6.28. The molecule has 35 heavy (non-hydrogen) atoms. The molecule has 1 aliphatic carbocycles. The number of rotatable bonds is 9. The highest BCUT2D eigenvalue weighted by molar-refractivity contribution is 7.89. The Balaban J connectivity index is 1.39. The Morgan fingerprint density at radius 3 is 2.43 bits per heavy atom. The lowest BCUT2D eigenvalue weighted by molar-refractivity contribution is 0.0954. The molecule has 9 heteroatoms. The van der Waals surface area contributed by atoms with Crippen molar-refractivity contribution in [2.24, 2.45) is 0 Å². The van der Waals surface area contributed by atoms with Crippen LogP contribution in [0.5, 0.6) is 5.75 Å². The number of amides is 1. The Bertz CT molecular complexity index is 1290. The normalized spacial score (nSPS) is 14.3. The second-order valence-electron chi connectivity index (χ2n) is 8.98. The van der Waals surface area contributed by atoms with Crippen molar-refractivity contribution in [1.29, 1.82) is 0 Å². The molecule has 1 aliphatic rings. The summed E-state index contributed by atoms with van der Waals surface area (Å²) in [5, 5.41) is 7.38. The lowest BCUT2D eigenvalue weighted by Crippen LogP contribution is -2.33. The average Bonchev–Trinajstić information content (AvgIpc) is 3.47. The van der Waals surface area contributed by atoms with Crippen LogP contribution in [-0.4, -0.2) is 43.8 Å². The second kappa shape index (κ2) is 10.6. The van der Waals surface area contributed by atoms with Crippen molar-refractivity contribution in [3.63, 3.8) is 0 Å². The third kappa shape index (κ3) is 5.91. The minimum absolute atomic E-state index is 0.0145. The molecule has 3 aromatic rings. The number of sulfonamides is 1. The number of nitrogens with one attached hydrogen (secondary N) is 2. The molecule has 2 aromatic carbocycles. The molecule has 1 aromatic heterocycles. The molecule has 0 bridgehead atoms. The van der Waals surface area contributed by atoms with Gasteiger partial charge in [0.15, 0.2) is 0 Å². The number of aryl methyl sites for hydroxylation is 2. The van der Waals surface area contributed by atoms with E-state index in [1.165, 1.54) is 19.2 Å². The maximum atomic E-state index is 13.0. The molecular formula is C26H32N4O4S. The standard InChI is InChI=1S/C26H32N4O4S/c1-18-16-19(2)30(28-18)23-11-8-20(9-12-23)14-15-27-26(31)21-10-13-24(34-3)25(17-21)35(32,33)29-22-6-4-5-7-22/h8-13,16-17,22,29H,4-7,14-15H2,1-3H3,(H,27,31). The number of aromatic nitrogens is 2. The molecule has 1 saturated carbocycles. The fraction of sp³-hybridized carbons (Fsp3) is 0.385. The van der Waals surface area contributed by atoms with Gasteiger partial charge in [-0.1, -0.05) is 25.0 Å². The van der Waals surface area contributed by atoms with Gasteiger partial charge in [0.05, 0.1) is 18.5 Å². The minimum atomic E-state index is -3.80. The van der Waals surface area contributed by atoms with Gasteiger partial charge in [-0.25, -0.2) is 17.8 Å². The fourth-order valence-electron chi connectivity index (χ4n) is 4.47. The quantitative estimate of drug-likeness (QED) is 0.470. The monoisotopic (exact) mass is 496 g/mol. The maximum Gasteiger partial charge on any atom is 0.251 e. The van der Waals surface area contributed by atoms with Gasteiger partial charge in [0.1, 0.15) is 10.6 Å². The van der Waals surface area contributed by atoms with Crippen LogP contribution in [0.3, 0.4) is 0 Å². The van der Waals surface area contributed by atoms with Crippen molar-refractivity contribution in [1.82, 2.24) is 19.8 Å². The number of nitrogens with zero attached hydrogens (tertiary/aromatic N) is 2. The summed E-state index contributed by atoms with van der Waals surface area (Å²) < 4.78 is 35.8. The van der Waals surface area contributed by atoms with E-state index in [0.29, 0.717) is 13.0 Å². The number of hydrogen-bond acceptors (Lipinski definition) is 5. The summed E-state index contributed by atoms with van der Waals surface area (Å²) in [6, 6.07) is 14.5. The fourth-order valence-corrected chi connectivity index (χ4v) is 5.97. The predicted octanol–water partition coefficient (Wildman–Crippen LogP) is 3.69. The summed E-state index contributed by atoms with van der Waals surface area (Å²) in [5.41, 5.74) is 4.38. The molecule has 186 valence electrons. The van der Waals surface area contributed by atoms with Crippen molar-refractivity contribution in [2.45, 2.75) is 56.9 Å². The van der Waals surface area contributed by atoms with E-state index in [9.17, 15) is 13.2 Å². The highest BCUT2D eigenvalue weighted by Gasteiger charge is 2.26. The molecular weight excluding hydrogens is 464 g/mol. The van der Waals surface area contributed by atoms with Gasteiger partial charge in [-0.2, -0.15) is 5.10 Å². The number of carbonyl (C=O) groups is 1. The first-order valence-corrected chi connectivity index (χ1v) is 13.4. The molecule has 0 unspecified atom stereocenters. The highest BCUT2D eigenvalue weighted by atomic mass is 32.2. The molecule has 1 heterocycles. The van der Waals surface area contributed by atoms with E-state index >= 15 is 0 Å². The van der Waals surface area contributed by atoms with Crippen molar-refractivity contribution in [2.75, 3.05) is 13.7 Å². The van der Waals surface area contributed by atoms with Crippen molar-refractivity contribution < 1.29 is 17.9 Å². The van der Waals surface area contributed by atoms with Crippen LogP contribution in [-0.2, 0) is 16.4 Å². The van der Waals surface area contributed by atoms with Crippen LogP contribution in [0.1, 0.15) is 53.0 Å². The van der Waals surface area contributed by atoms with Crippen molar-refractivity contribution in [3.05, 3.63) is 71.0 Å². The van der Waals surface area contributed by atoms with Crippen LogP contribution in [0, 0.1) is 13.8 Å². The van der Waals surface area contributed by atoms with Crippen molar-refractivity contribution >= 4 is 15.9 Å². The molecule has 0 saturated heterocycles. The van der Waals surface area contributed by atoms with Crippen LogP contribution < -0.4 is 14.8 Å². The lowest BCUT2D eigenvalue weighted by atomic mass is 10.1. The van der Waals surface area contributed by atoms with E-state index in [0.717, 1.165) is 48.3 Å². The zero-order valence-electron chi connectivity index (χ0n) is 20.4. The van der Waals surface area contributed by atoms with Crippen LogP contribution in [0.25, 0.3) is 5.69 Å². The molecule has 0 spiro atoms. The van der Waals surface area contributed by atoms with Gasteiger partial charge in [0.2, 0.25) is 10.0 Å². The SMILES string of the molecule is COc1ccc(C(=O)NCCc2ccc(-n3nc(C)cc3C)cc2)cc1S(=O)(=O)NC1CCCC1. The summed E-state index contributed by atoms with van der Waals surface area (Å²) in [6.45, 7) is 4.41. The minimum Gasteiger partial charge on any atom is -0.495 e. The number of carbonyl (C=O) groups excluding carboxylic acids is 1. The Morgan fingerprint density at radius 2 is 1.80 bits per heavy atom. The molecule has 1 fully saturated rings. The predicted molar refractivity (Wildman–Crippen MR) is 135 cm³/mol. The summed E-state index contributed by atoms with van der Waals surface area (Å²) >= 11 is 0. The summed E-state index contributed by atoms with van der Waals surface area (Å²) in [6.07, 6.45) is 4.32. The highest BCUT2D eigenvalue weighted by Crippen LogP contribution is 2.27. The molecule has 4 rings (SSSR count). The van der Waals surface area contributed by atoms with Crippen LogP contribution in [0.2, 0.25) is 0 Å².